The number of hydrogen-bond acceptors (Lipinski definition) is 4. The minimum absolute atomic E-state index is 0.103. The van der Waals surface area contributed by atoms with E-state index < -0.39 is 0 Å². The molecule has 1 fully saturated rings. The molecule has 1 aliphatic rings. The zero-order valence-corrected chi connectivity index (χ0v) is 14.3. The molecule has 3 rings (SSSR count). The monoisotopic (exact) mass is 343 g/mol. The predicted molar refractivity (Wildman–Crippen MR) is 97.3 cm³/mol. The number of aromatic nitrogens is 1. The number of pyridine rings is 1. The lowest BCUT2D eigenvalue weighted by Crippen LogP contribution is -2.30. The number of para-hydroxylation sites is 2. The van der Waals surface area contributed by atoms with Crippen LogP contribution in [0.3, 0.4) is 0 Å². The molecule has 1 aliphatic heterocycles. The van der Waals surface area contributed by atoms with Gasteiger partial charge < -0.3 is 15.4 Å². The maximum Gasteiger partial charge on any atom is 0.251 e. The molecule has 0 saturated carbocycles. The van der Waals surface area contributed by atoms with E-state index in [1.54, 1.807) is 18.2 Å². The summed E-state index contributed by atoms with van der Waals surface area (Å²) in [4.78, 5) is 14.6. The number of carbonyl (C=O) groups excluding carboxylic acids is 1. The summed E-state index contributed by atoms with van der Waals surface area (Å²) in [6.45, 7) is 2.06. The van der Waals surface area contributed by atoms with Crippen LogP contribution in [-0.2, 0) is 4.79 Å². The summed E-state index contributed by atoms with van der Waals surface area (Å²) in [5, 5.41) is 15.1. The number of piperidine rings is 1. The summed E-state index contributed by atoms with van der Waals surface area (Å²) < 4.78 is 0.777. The van der Waals surface area contributed by atoms with Gasteiger partial charge in [0.1, 0.15) is 0 Å². The van der Waals surface area contributed by atoms with E-state index in [1.165, 1.54) is 37.2 Å². The van der Waals surface area contributed by atoms with Crippen molar-refractivity contribution in [3.8, 4) is 0 Å². The molecule has 1 N–H and O–H groups in total. The normalized spacial score (nSPS) is 14.4. The fourth-order valence-electron chi connectivity index (χ4n) is 2.84. The van der Waals surface area contributed by atoms with Crippen LogP contribution in [0.2, 0.25) is 0 Å². The molecular weight excluding hydrogens is 322 g/mol. The Kier molecular flexibility index (Phi) is 5.59. The number of nitrogens with zero attached hydrogens (tertiary/aromatic N) is 2. The van der Waals surface area contributed by atoms with E-state index in [2.05, 4.69) is 16.3 Å². The molecule has 0 spiro atoms. The number of benzene rings is 1. The van der Waals surface area contributed by atoms with Crippen molar-refractivity contribution in [1.29, 1.82) is 0 Å². The summed E-state index contributed by atoms with van der Waals surface area (Å²) in [6.07, 6.45) is 5.09. The van der Waals surface area contributed by atoms with Crippen molar-refractivity contribution in [3.63, 3.8) is 0 Å². The number of carbonyl (C=O) groups is 1. The van der Waals surface area contributed by atoms with Crippen molar-refractivity contribution >= 4 is 29.0 Å². The summed E-state index contributed by atoms with van der Waals surface area (Å²) in [5.74, 6) is 0.106. The van der Waals surface area contributed by atoms with Gasteiger partial charge in [-0.3, -0.25) is 4.79 Å². The summed E-state index contributed by atoms with van der Waals surface area (Å²) in [6, 6.07) is 13.1. The van der Waals surface area contributed by atoms with E-state index in [9.17, 15) is 10.0 Å². The van der Waals surface area contributed by atoms with Gasteiger partial charge in [0, 0.05) is 25.2 Å². The van der Waals surface area contributed by atoms with E-state index in [0.717, 1.165) is 29.2 Å². The Morgan fingerprint density at radius 1 is 1.12 bits per heavy atom. The van der Waals surface area contributed by atoms with Gasteiger partial charge in [0.05, 0.1) is 17.1 Å². The standard InChI is InChI=1S/C18H21N3O2S/c22-17(14-24-18-10-4-7-13-21(18)23)19-15-8-2-3-9-16(15)20-11-5-1-6-12-20/h2-4,7-10,13H,1,5-6,11-12,14H2,(H,19,22). The van der Waals surface area contributed by atoms with Gasteiger partial charge in [-0.2, -0.15) is 4.73 Å². The summed E-state index contributed by atoms with van der Waals surface area (Å²) in [5.41, 5.74) is 1.92. The van der Waals surface area contributed by atoms with E-state index in [1.807, 2.05) is 18.2 Å². The first kappa shape index (κ1) is 16.6. The molecule has 0 aliphatic carbocycles. The maximum absolute atomic E-state index is 12.3. The highest BCUT2D eigenvalue weighted by molar-refractivity contribution is 7.99. The van der Waals surface area contributed by atoms with E-state index in [0.29, 0.717) is 5.03 Å². The zero-order valence-electron chi connectivity index (χ0n) is 13.5. The van der Waals surface area contributed by atoms with Crippen molar-refractivity contribution in [3.05, 3.63) is 53.9 Å². The molecule has 0 radical (unpaired) electrons. The lowest BCUT2D eigenvalue weighted by Gasteiger charge is -2.30. The first-order chi connectivity index (χ1) is 11.7. The highest BCUT2D eigenvalue weighted by atomic mass is 32.2. The highest BCUT2D eigenvalue weighted by Crippen LogP contribution is 2.28. The molecule has 0 atom stereocenters. The van der Waals surface area contributed by atoms with Gasteiger partial charge >= 0.3 is 0 Å². The second-order valence-electron chi connectivity index (χ2n) is 5.77. The Bertz CT molecular complexity index is 702. The van der Waals surface area contributed by atoms with Crippen LogP contribution in [0, 0.1) is 5.21 Å². The SMILES string of the molecule is O=C(CSc1cccc[n+]1[O-])Nc1ccccc1N1CCCCC1. The molecule has 1 aromatic carbocycles. The fraction of sp³-hybridized carbons (Fsp3) is 0.333. The minimum atomic E-state index is -0.103. The van der Waals surface area contributed by atoms with Crippen LogP contribution in [0.25, 0.3) is 0 Å². The average molecular weight is 343 g/mol. The van der Waals surface area contributed by atoms with Crippen LogP contribution in [0.1, 0.15) is 19.3 Å². The van der Waals surface area contributed by atoms with Crippen molar-refractivity contribution in [2.75, 3.05) is 29.1 Å². The van der Waals surface area contributed by atoms with Crippen molar-refractivity contribution in [2.45, 2.75) is 24.3 Å². The first-order valence-corrected chi connectivity index (χ1v) is 9.17. The summed E-state index contributed by atoms with van der Waals surface area (Å²) in [7, 11) is 0. The van der Waals surface area contributed by atoms with Crippen LogP contribution < -0.4 is 14.9 Å². The molecule has 24 heavy (non-hydrogen) atoms. The Balaban J connectivity index is 1.63. The average Bonchev–Trinajstić information content (AvgIpc) is 2.62. The van der Waals surface area contributed by atoms with Crippen LogP contribution in [0.15, 0.2) is 53.7 Å². The third kappa shape index (κ3) is 4.20. The number of hydrogen-bond donors (Lipinski definition) is 1. The molecule has 0 bridgehead atoms. The van der Waals surface area contributed by atoms with Crippen LogP contribution in [-0.4, -0.2) is 24.7 Å². The van der Waals surface area contributed by atoms with Crippen molar-refractivity contribution in [1.82, 2.24) is 0 Å². The second-order valence-corrected chi connectivity index (χ2v) is 6.76. The maximum atomic E-state index is 12.3. The molecule has 126 valence electrons. The van der Waals surface area contributed by atoms with Crippen molar-refractivity contribution < 1.29 is 9.52 Å². The van der Waals surface area contributed by atoms with Gasteiger partial charge in [-0.05, 0) is 49.2 Å². The molecular formula is C18H21N3O2S. The molecule has 1 aromatic heterocycles. The van der Waals surface area contributed by atoms with Crippen LogP contribution in [0.4, 0.5) is 11.4 Å². The largest absolute Gasteiger partial charge is 0.618 e. The molecule has 1 amide bonds. The van der Waals surface area contributed by atoms with E-state index in [4.69, 9.17) is 0 Å². The molecule has 1 saturated heterocycles. The third-order valence-corrected chi connectivity index (χ3v) is 5.03. The first-order valence-electron chi connectivity index (χ1n) is 8.19. The van der Waals surface area contributed by atoms with Gasteiger partial charge in [-0.25, -0.2) is 0 Å². The third-order valence-electron chi connectivity index (χ3n) is 4.01. The van der Waals surface area contributed by atoms with E-state index >= 15 is 0 Å². The lowest BCUT2D eigenvalue weighted by atomic mass is 10.1. The zero-order chi connectivity index (χ0) is 16.8. The molecule has 5 nitrogen and oxygen atoms in total. The molecule has 2 heterocycles. The second kappa shape index (κ2) is 8.06. The smallest absolute Gasteiger partial charge is 0.251 e. The Hall–Kier alpha value is -2.21. The number of anilines is 2. The number of amides is 1. The van der Waals surface area contributed by atoms with Crippen LogP contribution >= 0.6 is 11.8 Å². The topological polar surface area (TPSA) is 59.3 Å². The highest BCUT2D eigenvalue weighted by Gasteiger charge is 2.16. The molecule has 2 aromatic rings. The number of rotatable bonds is 5. The Morgan fingerprint density at radius 2 is 1.88 bits per heavy atom. The van der Waals surface area contributed by atoms with Crippen molar-refractivity contribution in [2.24, 2.45) is 0 Å². The van der Waals surface area contributed by atoms with Gasteiger partial charge in [0.2, 0.25) is 5.91 Å². The molecule has 0 unspecified atom stereocenters. The summed E-state index contributed by atoms with van der Waals surface area (Å²) >= 11 is 1.24. The number of nitrogens with one attached hydrogen (secondary N) is 1. The van der Waals surface area contributed by atoms with Gasteiger partial charge in [-0.1, -0.05) is 12.1 Å². The van der Waals surface area contributed by atoms with Gasteiger partial charge in [-0.15, -0.1) is 0 Å². The van der Waals surface area contributed by atoms with E-state index in [-0.39, 0.29) is 11.7 Å². The van der Waals surface area contributed by atoms with Gasteiger partial charge in [0.15, 0.2) is 6.20 Å². The number of thioether (sulfide) groups is 1. The van der Waals surface area contributed by atoms with Gasteiger partial charge in [0.25, 0.3) is 5.03 Å². The Labute approximate surface area is 146 Å². The minimum Gasteiger partial charge on any atom is -0.618 e. The molecule has 6 heteroatoms. The quantitative estimate of drug-likeness (QED) is 0.515. The van der Waals surface area contributed by atoms with Crippen LogP contribution in [0.5, 0.6) is 0 Å². The fourth-order valence-corrected chi connectivity index (χ4v) is 3.55. The predicted octanol–water partition coefficient (Wildman–Crippen LogP) is 3.04. The lowest BCUT2D eigenvalue weighted by molar-refractivity contribution is -0.645. The Morgan fingerprint density at radius 3 is 2.67 bits per heavy atom.